The minimum absolute atomic E-state index is 0.247. The van der Waals surface area contributed by atoms with Crippen molar-refractivity contribution in [2.45, 2.75) is 23.7 Å². The van der Waals surface area contributed by atoms with E-state index in [2.05, 4.69) is 15.3 Å². The maximum atomic E-state index is 13.1. The Morgan fingerprint density at radius 1 is 1.18 bits per heavy atom. The molecule has 0 heterocycles. The molecule has 0 saturated carbocycles. The van der Waals surface area contributed by atoms with Crippen molar-refractivity contribution in [3.63, 3.8) is 0 Å². The third-order valence-electron chi connectivity index (χ3n) is 3.51. The highest BCUT2D eigenvalue weighted by atomic mass is 32.2. The summed E-state index contributed by atoms with van der Waals surface area (Å²) < 4.78 is 77.0. The Bertz CT molecular complexity index is 1020. The number of nitrogens with zero attached hydrogens (tertiary/aromatic N) is 3. The Hall–Kier alpha value is -2.82. The molecule has 1 unspecified atom stereocenters. The Balaban J connectivity index is 2.30. The van der Waals surface area contributed by atoms with Gasteiger partial charge >= 0.3 is 6.18 Å². The van der Waals surface area contributed by atoms with Gasteiger partial charge in [-0.3, -0.25) is 0 Å². The highest BCUT2D eigenvalue weighted by Gasteiger charge is 2.35. The summed E-state index contributed by atoms with van der Waals surface area (Å²) in [7, 11) is -4.08. The lowest BCUT2D eigenvalue weighted by Crippen LogP contribution is -2.41. The van der Waals surface area contributed by atoms with Crippen LogP contribution < -0.4 is 5.32 Å². The lowest BCUT2D eigenvalue weighted by atomic mass is 10.1. The minimum atomic E-state index is -4.84. The van der Waals surface area contributed by atoms with Crippen LogP contribution in [0.4, 0.5) is 28.9 Å². The van der Waals surface area contributed by atoms with Crippen molar-refractivity contribution in [1.29, 1.82) is 0 Å². The number of azide groups is 1. The number of rotatable bonds is 6. The monoisotopic (exact) mass is 418 g/mol. The predicted molar refractivity (Wildman–Crippen MR) is 92.9 cm³/mol. The summed E-state index contributed by atoms with van der Waals surface area (Å²) in [6, 6.07) is 6.45. The number of hydrogen-bond donors (Lipinski definition) is 2. The molecule has 0 aromatic heterocycles. The standard InChI is InChI=1S/C16H14F4N4O3S/c1-15(25,9-28(26,27)12-5-2-10(17)3-6-12)22-11-4-7-14(23-24-21)13(8-11)16(18,19)20/h2-8,22,25H,9H2,1H3. The van der Waals surface area contributed by atoms with Crippen LogP contribution in [0.25, 0.3) is 10.4 Å². The number of alkyl halides is 3. The van der Waals surface area contributed by atoms with Crippen LogP contribution >= 0.6 is 0 Å². The zero-order valence-electron chi connectivity index (χ0n) is 14.3. The molecule has 0 fully saturated rings. The van der Waals surface area contributed by atoms with E-state index < -0.39 is 44.6 Å². The SMILES string of the molecule is CC(O)(CS(=O)(=O)c1ccc(F)cc1)Nc1ccc(N=[N+]=[N-])c(C(F)(F)F)c1. The molecule has 1 atom stereocenters. The van der Waals surface area contributed by atoms with Gasteiger partial charge in [0.1, 0.15) is 17.3 Å². The molecular weight excluding hydrogens is 404 g/mol. The van der Waals surface area contributed by atoms with Gasteiger partial charge in [0.2, 0.25) is 0 Å². The minimum Gasteiger partial charge on any atom is -0.370 e. The van der Waals surface area contributed by atoms with Crippen LogP contribution in [0.5, 0.6) is 0 Å². The van der Waals surface area contributed by atoms with Gasteiger partial charge in [-0.05, 0) is 48.9 Å². The van der Waals surface area contributed by atoms with Gasteiger partial charge in [0.05, 0.1) is 10.5 Å². The number of nitrogens with one attached hydrogen (secondary N) is 1. The second-order valence-electron chi connectivity index (χ2n) is 6.03. The third kappa shape index (κ3) is 5.35. The molecule has 0 bridgehead atoms. The van der Waals surface area contributed by atoms with E-state index in [0.717, 1.165) is 43.3 Å². The summed E-state index contributed by atoms with van der Waals surface area (Å²) >= 11 is 0. The second-order valence-corrected chi connectivity index (χ2v) is 8.02. The topological polar surface area (TPSA) is 115 Å². The number of sulfone groups is 1. The molecule has 0 spiro atoms. The van der Waals surface area contributed by atoms with E-state index in [4.69, 9.17) is 5.53 Å². The largest absolute Gasteiger partial charge is 0.416 e. The molecule has 2 aromatic rings. The van der Waals surface area contributed by atoms with Gasteiger partial charge in [0.25, 0.3) is 0 Å². The first-order valence-corrected chi connectivity index (χ1v) is 9.24. The molecular formula is C16H14F4N4O3S. The fraction of sp³-hybridized carbons (Fsp3) is 0.250. The lowest BCUT2D eigenvalue weighted by molar-refractivity contribution is -0.137. The number of halogens is 4. The van der Waals surface area contributed by atoms with E-state index in [0.29, 0.717) is 6.07 Å². The van der Waals surface area contributed by atoms with Crippen molar-refractivity contribution < 1.29 is 31.1 Å². The van der Waals surface area contributed by atoms with Crippen LogP contribution in [0, 0.1) is 5.82 Å². The molecule has 0 aliphatic carbocycles. The summed E-state index contributed by atoms with van der Waals surface area (Å²) in [6.45, 7) is 1.06. The van der Waals surface area contributed by atoms with Crippen molar-refractivity contribution in [3.05, 3.63) is 64.3 Å². The third-order valence-corrected chi connectivity index (χ3v) is 5.44. The molecule has 0 radical (unpaired) electrons. The first kappa shape index (κ1) is 21.5. The van der Waals surface area contributed by atoms with Crippen LogP contribution in [-0.2, 0) is 16.0 Å². The summed E-state index contributed by atoms with van der Waals surface area (Å²) in [6.07, 6.45) is -4.84. The first-order chi connectivity index (χ1) is 12.8. The summed E-state index contributed by atoms with van der Waals surface area (Å²) in [5.74, 6) is -1.55. The van der Waals surface area contributed by atoms with Crippen LogP contribution in [0.3, 0.4) is 0 Å². The number of benzene rings is 2. The molecule has 7 nitrogen and oxygen atoms in total. The highest BCUT2D eigenvalue weighted by molar-refractivity contribution is 7.91. The average Bonchev–Trinajstić information content (AvgIpc) is 2.54. The smallest absolute Gasteiger partial charge is 0.370 e. The van der Waals surface area contributed by atoms with Crippen molar-refractivity contribution >= 4 is 21.2 Å². The van der Waals surface area contributed by atoms with Gasteiger partial charge in [-0.2, -0.15) is 13.2 Å². The fourth-order valence-electron chi connectivity index (χ4n) is 2.42. The van der Waals surface area contributed by atoms with E-state index in [9.17, 15) is 31.1 Å². The van der Waals surface area contributed by atoms with Crippen molar-refractivity contribution in [1.82, 2.24) is 0 Å². The zero-order chi connectivity index (χ0) is 21.2. The molecule has 0 aliphatic rings. The molecule has 150 valence electrons. The maximum Gasteiger partial charge on any atom is 0.416 e. The molecule has 0 aliphatic heterocycles. The normalized spacial score (nSPS) is 14.1. The quantitative estimate of drug-likeness (QED) is 0.181. The van der Waals surface area contributed by atoms with Crippen molar-refractivity contribution in [3.8, 4) is 0 Å². The Labute approximate surface area is 157 Å². The van der Waals surface area contributed by atoms with Crippen LogP contribution in [0.15, 0.2) is 52.5 Å². The van der Waals surface area contributed by atoms with Gasteiger partial charge in [0.15, 0.2) is 9.84 Å². The molecule has 2 aromatic carbocycles. The van der Waals surface area contributed by atoms with E-state index in [1.807, 2.05) is 0 Å². The second kappa shape index (κ2) is 7.66. The fourth-order valence-corrected chi connectivity index (χ4v) is 3.95. The van der Waals surface area contributed by atoms with Crippen LogP contribution in [0.2, 0.25) is 0 Å². The van der Waals surface area contributed by atoms with Crippen LogP contribution in [-0.4, -0.2) is 25.0 Å². The van der Waals surface area contributed by atoms with Gasteiger partial charge in [0, 0.05) is 16.3 Å². The Morgan fingerprint density at radius 3 is 2.32 bits per heavy atom. The molecule has 28 heavy (non-hydrogen) atoms. The van der Waals surface area contributed by atoms with Crippen LogP contribution in [0.1, 0.15) is 12.5 Å². The van der Waals surface area contributed by atoms with Crippen molar-refractivity contribution in [2.24, 2.45) is 5.11 Å². The highest BCUT2D eigenvalue weighted by Crippen LogP contribution is 2.38. The van der Waals surface area contributed by atoms with Gasteiger partial charge in [-0.15, -0.1) is 0 Å². The van der Waals surface area contributed by atoms with E-state index in [-0.39, 0.29) is 10.6 Å². The molecule has 0 amide bonds. The van der Waals surface area contributed by atoms with E-state index in [1.54, 1.807) is 0 Å². The first-order valence-electron chi connectivity index (χ1n) is 7.59. The van der Waals surface area contributed by atoms with Gasteiger partial charge < -0.3 is 10.4 Å². The average molecular weight is 418 g/mol. The van der Waals surface area contributed by atoms with Crippen molar-refractivity contribution in [2.75, 3.05) is 11.1 Å². The zero-order valence-corrected chi connectivity index (χ0v) is 15.1. The Morgan fingerprint density at radius 2 is 1.79 bits per heavy atom. The van der Waals surface area contributed by atoms with Gasteiger partial charge in [-0.1, -0.05) is 11.2 Å². The Kier molecular flexibility index (Phi) is 5.88. The molecule has 2 N–H and O–H groups in total. The van der Waals surface area contributed by atoms with Gasteiger partial charge in [-0.25, -0.2) is 12.8 Å². The lowest BCUT2D eigenvalue weighted by Gasteiger charge is -2.26. The molecule has 2 rings (SSSR count). The van der Waals surface area contributed by atoms with E-state index in [1.165, 1.54) is 0 Å². The summed E-state index contributed by atoms with van der Waals surface area (Å²) in [5, 5.41) is 15.6. The van der Waals surface area contributed by atoms with E-state index >= 15 is 0 Å². The molecule has 0 saturated heterocycles. The number of aliphatic hydroxyl groups is 1. The summed E-state index contributed by atoms with van der Waals surface area (Å²) in [4.78, 5) is 2.06. The predicted octanol–water partition coefficient (Wildman–Crippen LogP) is 4.38. The maximum absolute atomic E-state index is 13.1. The number of hydrogen-bond acceptors (Lipinski definition) is 5. The number of anilines is 1. The summed E-state index contributed by atoms with van der Waals surface area (Å²) in [5.41, 5.74) is 4.04. The molecule has 12 heteroatoms.